The van der Waals surface area contributed by atoms with Crippen LogP contribution in [0.1, 0.15) is 25.0 Å². The number of rotatable bonds is 15. The average molecular weight is 457 g/mol. The van der Waals surface area contributed by atoms with Crippen molar-refractivity contribution in [1.82, 2.24) is 25.9 Å². The number of nitrogens with zero attached hydrogens (tertiary/aromatic N) is 1. The lowest BCUT2D eigenvalue weighted by atomic mass is 10.1. The van der Waals surface area contributed by atoms with Crippen LogP contribution >= 0.6 is 0 Å². The van der Waals surface area contributed by atoms with Crippen molar-refractivity contribution in [3.63, 3.8) is 0 Å². The Morgan fingerprint density at radius 3 is 2.12 bits per heavy atom. The number of aliphatic carboxylic acids is 1. The molecule has 14 nitrogen and oxygen atoms in total. The van der Waals surface area contributed by atoms with Crippen LogP contribution in [0, 0.1) is 0 Å². The molecule has 4 unspecified atom stereocenters. The van der Waals surface area contributed by atoms with Crippen molar-refractivity contribution in [1.29, 1.82) is 0 Å². The summed E-state index contributed by atoms with van der Waals surface area (Å²) < 4.78 is 0. The molecule has 1 aromatic rings. The highest BCUT2D eigenvalue weighted by Crippen LogP contribution is 2.05. The quantitative estimate of drug-likeness (QED) is 0.115. The molecule has 0 saturated heterocycles. The van der Waals surface area contributed by atoms with Gasteiger partial charge in [-0.2, -0.15) is 0 Å². The van der Waals surface area contributed by atoms with Gasteiger partial charge in [0.25, 0.3) is 0 Å². The van der Waals surface area contributed by atoms with Crippen LogP contribution in [-0.2, 0) is 25.6 Å². The molecule has 0 bridgehead atoms. The zero-order valence-electron chi connectivity index (χ0n) is 17.5. The average Bonchev–Trinajstić information content (AvgIpc) is 3.28. The van der Waals surface area contributed by atoms with Crippen LogP contribution in [0.4, 0.5) is 0 Å². The first-order valence-electron chi connectivity index (χ1n) is 10.0. The van der Waals surface area contributed by atoms with Gasteiger partial charge in [0.2, 0.25) is 17.7 Å². The summed E-state index contributed by atoms with van der Waals surface area (Å²) in [5.74, 6) is -3.77. The Labute approximate surface area is 184 Å². The second-order valence-corrected chi connectivity index (χ2v) is 7.06. The second-order valence-electron chi connectivity index (χ2n) is 7.06. The molecule has 1 aromatic heterocycles. The zero-order chi connectivity index (χ0) is 24.1. The molecular formula is C18H31N7O7. The number of hydrogen-bond donors (Lipinski definition) is 9. The summed E-state index contributed by atoms with van der Waals surface area (Å²) in [5.41, 5.74) is 11.3. The molecule has 0 aliphatic carbocycles. The van der Waals surface area contributed by atoms with Crippen molar-refractivity contribution in [3.8, 4) is 0 Å². The van der Waals surface area contributed by atoms with Crippen LogP contribution < -0.4 is 27.4 Å². The predicted molar refractivity (Wildman–Crippen MR) is 111 cm³/mol. The van der Waals surface area contributed by atoms with Gasteiger partial charge in [0, 0.05) is 18.3 Å². The molecule has 0 saturated carbocycles. The highest BCUT2D eigenvalue weighted by molar-refractivity contribution is 5.94. The van der Waals surface area contributed by atoms with Gasteiger partial charge in [0.1, 0.15) is 24.2 Å². The van der Waals surface area contributed by atoms with Gasteiger partial charge in [-0.3, -0.25) is 14.4 Å². The molecule has 11 N–H and O–H groups in total. The number of carbonyl (C=O) groups is 4. The molecule has 4 atom stereocenters. The van der Waals surface area contributed by atoms with E-state index in [4.69, 9.17) is 16.6 Å². The summed E-state index contributed by atoms with van der Waals surface area (Å²) in [4.78, 5) is 55.2. The number of aliphatic hydroxyl groups is 2. The van der Waals surface area contributed by atoms with E-state index in [1.807, 2.05) is 0 Å². The van der Waals surface area contributed by atoms with Crippen LogP contribution in [0.25, 0.3) is 0 Å². The first-order valence-corrected chi connectivity index (χ1v) is 10.0. The molecule has 180 valence electrons. The molecule has 1 rings (SSSR count). The number of carbonyl (C=O) groups excluding carboxylic acids is 3. The largest absolute Gasteiger partial charge is 0.480 e. The van der Waals surface area contributed by atoms with E-state index in [0.29, 0.717) is 25.1 Å². The highest BCUT2D eigenvalue weighted by Gasteiger charge is 2.30. The van der Waals surface area contributed by atoms with Crippen molar-refractivity contribution in [2.24, 2.45) is 11.5 Å². The Kier molecular flexibility index (Phi) is 11.9. The van der Waals surface area contributed by atoms with Crippen molar-refractivity contribution in [3.05, 3.63) is 18.2 Å². The Morgan fingerprint density at radius 2 is 1.59 bits per heavy atom. The summed E-state index contributed by atoms with van der Waals surface area (Å²) in [6, 6.07) is -5.15. The van der Waals surface area contributed by atoms with Crippen LogP contribution in [0.3, 0.4) is 0 Å². The summed E-state index contributed by atoms with van der Waals surface area (Å²) in [7, 11) is 0. The van der Waals surface area contributed by atoms with Gasteiger partial charge >= 0.3 is 5.97 Å². The number of amides is 3. The SMILES string of the molecule is NCCCCC(NC(=O)C(CO)NC(=O)C(N)CO)C(=O)NC(Cc1cnc[nH]1)C(=O)O. The second kappa shape index (κ2) is 14.1. The number of nitrogens with two attached hydrogens (primary N) is 2. The maximum absolute atomic E-state index is 12.8. The van der Waals surface area contributed by atoms with Gasteiger partial charge in [-0.05, 0) is 25.8 Å². The van der Waals surface area contributed by atoms with E-state index in [1.54, 1.807) is 0 Å². The molecule has 0 aliphatic heterocycles. The molecule has 0 aliphatic rings. The van der Waals surface area contributed by atoms with Crippen LogP contribution in [-0.4, -0.2) is 92.9 Å². The van der Waals surface area contributed by atoms with E-state index < -0.39 is 61.1 Å². The Bertz CT molecular complexity index is 744. The monoisotopic (exact) mass is 457 g/mol. The summed E-state index contributed by atoms with van der Waals surface area (Å²) in [5, 5.41) is 34.8. The van der Waals surface area contributed by atoms with Crippen molar-refractivity contribution < 1.29 is 34.5 Å². The zero-order valence-corrected chi connectivity index (χ0v) is 17.5. The Morgan fingerprint density at radius 1 is 0.969 bits per heavy atom. The maximum atomic E-state index is 12.8. The fourth-order valence-electron chi connectivity index (χ4n) is 2.68. The molecule has 0 radical (unpaired) electrons. The van der Waals surface area contributed by atoms with Gasteiger partial charge in [-0.25, -0.2) is 9.78 Å². The van der Waals surface area contributed by atoms with Gasteiger partial charge in [-0.1, -0.05) is 0 Å². The van der Waals surface area contributed by atoms with Gasteiger partial charge < -0.3 is 47.7 Å². The fraction of sp³-hybridized carbons (Fsp3) is 0.611. The predicted octanol–water partition coefficient (Wildman–Crippen LogP) is -4.07. The van der Waals surface area contributed by atoms with Crippen molar-refractivity contribution in [2.75, 3.05) is 19.8 Å². The number of hydrogen-bond acceptors (Lipinski definition) is 9. The van der Waals surface area contributed by atoms with E-state index in [9.17, 15) is 29.4 Å². The molecule has 0 fully saturated rings. The number of carboxylic acid groups (broad SMARTS) is 1. The number of aromatic amines is 1. The van der Waals surface area contributed by atoms with E-state index in [-0.39, 0.29) is 12.8 Å². The summed E-state index contributed by atoms with van der Waals surface area (Å²) >= 11 is 0. The van der Waals surface area contributed by atoms with Gasteiger partial charge in [0.05, 0.1) is 19.5 Å². The normalized spacial score (nSPS) is 14.6. The van der Waals surface area contributed by atoms with Crippen LogP contribution in [0.2, 0.25) is 0 Å². The highest BCUT2D eigenvalue weighted by atomic mass is 16.4. The number of carboxylic acids is 1. The number of aliphatic hydroxyl groups excluding tert-OH is 2. The van der Waals surface area contributed by atoms with Crippen molar-refractivity contribution in [2.45, 2.75) is 49.9 Å². The van der Waals surface area contributed by atoms with E-state index in [0.717, 1.165) is 0 Å². The number of nitrogens with one attached hydrogen (secondary N) is 4. The lowest BCUT2D eigenvalue weighted by Crippen LogP contribution is -2.58. The molecule has 0 spiro atoms. The third-order valence-electron chi connectivity index (χ3n) is 4.52. The first kappa shape index (κ1) is 27.0. The van der Waals surface area contributed by atoms with Crippen LogP contribution in [0.15, 0.2) is 12.5 Å². The van der Waals surface area contributed by atoms with E-state index in [1.165, 1.54) is 12.5 Å². The Hall–Kier alpha value is -3.07. The minimum atomic E-state index is -1.43. The standard InChI is InChI=1S/C18H31N7O7/c19-4-2-1-3-12(23-17(30)14(8-27)25-15(28)11(20)7-26)16(29)24-13(18(31)32)5-10-6-21-9-22-10/h6,9,11-14,26-27H,1-5,7-8,19-20H2,(H,21,22)(H,23,30)(H,24,29)(H,25,28)(H,31,32). The molecular weight excluding hydrogens is 426 g/mol. The lowest BCUT2D eigenvalue weighted by Gasteiger charge is -2.24. The number of unbranched alkanes of at least 4 members (excludes halogenated alkanes) is 1. The summed E-state index contributed by atoms with van der Waals surface area (Å²) in [6.45, 7) is -1.10. The molecule has 1 heterocycles. The minimum Gasteiger partial charge on any atom is -0.480 e. The first-order chi connectivity index (χ1) is 15.2. The van der Waals surface area contributed by atoms with E-state index in [2.05, 4.69) is 25.9 Å². The number of aromatic nitrogens is 2. The number of imidazole rings is 1. The third-order valence-corrected chi connectivity index (χ3v) is 4.52. The lowest BCUT2D eigenvalue weighted by molar-refractivity contribution is -0.142. The van der Waals surface area contributed by atoms with Crippen molar-refractivity contribution >= 4 is 23.7 Å². The fourth-order valence-corrected chi connectivity index (χ4v) is 2.68. The Balaban J connectivity index is 2.87. The number of H-pyrrole nitrogens is 1. The van der Waals surface area contributed by atoms with Gasteiger partial charge in [-0.15, -0.1) is 0 Å². The molecule has 3 amide bonds. The summed E-state index contributed by atoms with van der Waals surface area (Å²) in [6.07, 6.45) is 3.90. The topological polar surface area (TPSA) is 246 Å². The molecule has 0 aromatic carbocycles. The molecule has 32 heavy (non-hydrogen) atoms. The molecule has 14 heteroatoms. The van der Waals surface area contributed by atoms with Crippen LogP contribution in [0.5, 0.6) is 0 Å². The van der Waals surface area contributed by atoms with E-state index >= 15 is 0 Å². The third kappa shape index (κ3) is 8.97. The van der Waals surface area contributed by atoms with Gasteiger partial charge in [0.15, 0.2) is 0 Å². The maximum Gasteiger partial charge on any atom is 0.326 e. The smallest absolute Gasteiger partial charge is 0.326 e. The minimum absolute atomic E-state index is 0.0566.